The zero-order chi connectivity index (χ0) is 18.5. The first-order chi connectivity index (χ1) is 11.9. The molecular formula is C17H16Cl2N4S2. The number of rotatable bonds is 5. The molecule has 1 heterocycles. The minimum Gasteiger partial charge on any atom is -0.386 e. The van der Waals surface area contributed by atoms with Gasteiger partial charge in [-0.1, -0.05) is 43.1 Å². The summed E-state index contributed by atoms with van der Waals surface area (Å²) < 4.78 is -0.807. The van der Waals surface area contributed by atoms with Gasteiger partial charge in [0.05, 0.1) is 12.1 Å². The molecule has 130 valence electrons. The molecule has 0 radical (unpaired) electrons. The van der Waals surface area contributed by atoms with Crippen molar-refractivity contribution in [1.29, 1.82) is 10.5 Å². The molecule has 3 rings (SSSR count). The zero-order valence-corrected chi connectivity index (χ0v) is 16.9. The van der Waals surface area contributed by atoms with Gasteiger partial charge in [0, 0.05) is 16.0 Å². The van der Waals surface area contributed by atoms with Crippen LogP contribution in [0.4, 0.5) is 0 Å². The van der Waals surface area contributed by atoms with Crippen molar-refractivity contribution in [3.63, 3.8) is 0 Å². The average molecular weight is 411 g/mol. The molecule has 3 atom stereocenters. The van der Waals surface area contributed by atoms with E-state index in [1.165, 1.54) is 0 Å². The number of nitrogens with two attached hydrogens (primary N) is 1. The number of nitriles is 2. The molecule has 2 aliphatic rings. The highest BCUT2D eigenvalue weighted by atomic mass is 35.5. The Labute approximate surface area is 165 Å². The summed E-state index contributed by atoms with van der Waals surface area (Å²) in [5, 5.41) is 21.2. The minimum atomic E-state index is -1.15. The monoisotopic (exact) mass is 410 g/mol. The van der Waals surface area contributed by atoms with E-state index in [1.54, 1.807) is 41.7 Å². The molecule has 8 heteroatoms. The third kappa shape index (κ3) is 2.12. The Balaban J connectivity index is 2.25. The van der Waals surface area contributed by atoms with Crippen molar-refractivity contribution in [2.24, 2.45) is 21.6 Å². The van der Waals surface area contributed by atoms with Crippen LogP contribution in [0.2, 0.25) is 10.0 Å². The Hall–Kier alpha value is -1.05. The number of thioether (sulfide) groups is 2. The van der Waals surface area contributed by atoms with Gasteiger partial charge < -0.3 is 5.73 Å². The van der Waals surface area contributed by atoms with Crippen molar-refractivity contribution in [3.8, 4) is 12.1 Å². The van der Waals surface area contributed by atoms with Crippen LogP contribution in [0.25, 0.3) is 0 Å². The summed E-state index contributed by atoms with van der Waals surface area (Å²) in [7, 11) is 0. The smallest absolute Gasteiger partial charge is 0.175 e. The van der Waals surface area contributed by atoms with Crippen LogP contribution < -0.4 is 5.73 Å². The first-order valence-corrected chi connectivity index (χ1v) is 10.5. The number of nitrogens with zero attached hydrogens (tertiary/aromatic N) is 3. The van der Waals surface area contributed by atoms with Crippen molar-refractivity contribution in [1.82, 2.24) is 0 Å². The third-order valence-electron chi connectivity index (χ3n) is 4.88. The Morgan fingerprint density at radius 1 is 1.20 bits per heavy atom. The molecule has 0 aromatic heterocycles. The van der Waals surface area contributed by atoms with Gasteiger partial charge in [0.25, 0.3) is 0 Å². The van der Waals surface area contributed by atoms with Crippen molar-refractivity contribution in [3.05, 3.63) is 33.8 Å². The van der Waals surface area contributed by atoms with Gasteiger partial charge in [0.2, 0.25) is 0 Å². The van der Waals surface area contributed by atoms with Gasteiger partial charge in [0.15, 0.2) is 4.20 Å². The molecule has 1 aromatic carbocycles. The van der Waals surface area contributed by atoms with Crippen LogP contribution >= 0.6 is 46.7 Å². The average Bonchev–Trinajstić information content (AvgIpc) is 3.13. The summed E-state index contributed by atoms with van der Waals surface area (Å²) in [6, 6.07) is 9.91. The number of aliphatic imine (C=N–C) groups is 1. The standard InChI is InChI=1S/C17H16Cl2N4S2/c1-3-24-17(25-4-2)16(9-21)13(15(16,8-20)14(22)23-17)11-6-5-10(18)7-12(11)19/h5-7,13H,3-4H2,1-2H3,(H2,22,23)/t13-,15-,16-/m1/s1. The molecule has 25 heavy (non-hydrogen) atoms. The van der Waals surface area contributed by atoms with Gasteiger partial charge in [-0.25, -0.2) is 4.99 Å². The molecule has 0 bridgehead atoms. The van der Waals surface area contributed by atoms with Gasteiger partial charge in [-0.05, 0) is 29.2 Å². The number of benzene rings is 1. The van der Waals surface area contributed by atoms with E-state index in [4.69, 9.17) is 28.9 Å². The van der Waals surface area contributed by atoms with Crippen LogP contribution in [-0.2, 0) is 0 Å². The molecular weight excluding hydrogens is 395 g/mol. The normalized spacial score (nSPS) is 31.6. The molecule has 2 N–H and O–H groups in total. The van der Waals surface area contributed by atoms with E-state index in [-0.39, 0.29) is 5.84 Å². The predicted molar refractivity (Wildman–Crippen MR) is 106 cm³/mol. The number of fused-ring (bicyclic) bond motifs is 1. The SMILES string of the molecule is CCSC1(SCC)N=C(N)[C@@]2(C#N)[C@@H](c3ccc(Cl)cc3Cl)[C@@]12C#N. The summed E-state index contributed by atoms with van der Waals surface area (Å²) in [5.74, 6) is 1.33. The lowest BCUT2D eigenvalue weighted by molar-refractivity contribution is 0.564. The quantitative estimate of drug-likeness (QED) is 0.714. The molecule has 1 aliphatic heterocycles. The molecule has 0 spiro atoms. The van der Waals surface area contributed by atoms with Crippen LogP contribution in [0.5, 0.6) is 0 Å². The van der Waals surface area contributed by atoms with E-state index in [0.29, 0.717) is 10.0 Å². The number of hydrogen-bond donors (Lipinski definition) is 1. The highest BCUT2D eigenvalue weighted by Gasteiger charge is 2.92. The van der Waals surface area contributed by atoms with Gasteiger partial charge >= 0.3 is 0 Å². The first kappa shape index (κ1) is 18.7. The Bertz CT molecular complexity index is 838. The number of halogens is 2. The summed E-state index contributed by atoms with van der Waals surface area (Å²) in [5.41, 5.74) is 4.78. The van der Waals surface area contributed by atoms with Crippen molar-refractivity contribution in [2.75, 3.05) is 11.5 Å². The molecule has 4 nitrogen and oxygen atoms in total. The van der Waals surface area contributed by atoms with Crippen LogP contribution in [0, 0.1) is 33.5 Å². The molecule has 1 saturated carbocycles. The summed E-state index contributed by atoms with van der Waals surface area (Å²) in [4.78, 5) is 4.65. The highest BCUT2D eigenvalue weighted by molar-refractivity contribution is 8.18. The van der Waals surface area contributed by atoms with Gasteiger partial charge in [-0.2, -0.15) is 10.5 Å². The Morgan fingerprint density at radius 3 is 2.32 bits per heavy atom. The maximum absolute atomic E-state index is 10.2. The predicted octanol–water partition coefficient (Wildman–Crippen LogP) is 4.64. The molecule has 0 unspecified atom stereocenters. The maximum Gasteiger partial charge on any atom is 0.175 e. The van der Waals surface area contributed by atoms with Crippen LogP contribution in [0.3, 0.4) is 0 Å². The third-order valence-corrected chi connectivity index (χ3v) is 8.34. The van der Waals surface area contributed by atoms with E-state index >= 15 is 0 Å². The van der Waals surface area contributed by atoms with Crippen molar-refractivity contribution in [2.45, 2.75) is 24.0 Å². The molecule has 0 amide bonds. The fourth-order valence-corrected chi connectivity index (χ4v) is 7.72. The van der Waals surface area contributed by atoms with Gasteiger partial charge in [-0.15, -0.1) is 23.5 Å². The lowest BCUT2D eigenvalue weighted by Gasteiger charge is -2.31. The second kappa shape index (κ2) is 6.28. The van der Waals surface area contributed by atoms with Gasteiger partial charge in [0.1, 0.15) is 16.7 Å². The van der Waals surface area contributed by atoms with E-state index in [2.05, 4.69) is 17.1 Å². The van der Waals surface area contributed by atoms with Crippen molar-refractivity contribution < 1.29 is 0 Å². The zero-order valence-electron chi connectivity index (χ0n) is 13.7. The minimum absolute atomic E-state index is 0.231. The Morgan fingerprint density at radius 2 is 1.84 bits per heavy atom. The second-order valence-electron chi connectivity index (χ2n) is 5.88. The summed E-state index contributed by atoms with van der Waals surface area (Å²) in [6.45, 7) is 4.02. The van der Waals surface area contributed by atoms with Crippen LogP contribution in [-0.4, -0.2) is 21.5 Å². The fourth-order valence-electron chi connectivity index (χ4n) is 3.95. The number of amidine groups is 1. The van der Waals surface area contributed by atoms with E-state index < -0.39 is 21.0 Å². The van der Waals surface area contributed by atoms with Crippen molar-refractivity contribution >= 4 is 52.6 Å². The Kier molecular flexibility index (Phi) is 4.71. The largest absolute Gasteiger partial charge is 0.386 e. The van der Waals surface area contributed by atoms with Crippen LogP contribution in [0.1, 0.15) is 25.3 Å². The van der Waals surface area contributed by atoms with Crippen LogP contribution in [0.15, 0.2) is 23.2 Å². The highest BCUT2D eigenvalue weighted by Crippen LogP contribution is 2.85. The number of hydrogen-bond acceptors (Lipinski definition) is 6. The second-order valence-corrected chi connectivity index (χ2v) is 9.90. The first-order valence-electron chi connectivity index (χ1n) is 7.81. The van der Waals surface area contributed by atoms with Gasteiger partial charge in [-0.3, -0.25) is 0 Å². The molecule has 0 saturated heterocycles. The fraction of sp³-hybridized carbons (Fsp3) is 0.471. The summed E-state index contributed by atoms with van der Waals surface area (Å²) >= 11 is 15.5. The maximum atomic E-state index is 10.2. The lowest BCUT2D eigenvalue weighted by Crippen LogP contribution is -2.31. The molecule has 1 fully saturated rings. The molecule has 1 aromatic rings. The van der Waals surface area contributed by atoms with E-state index in [1.807, 2.05) is 13.8 Å². The topological polar surface area (TPSA) is 86.0 Å². The molecule has 1 aliphatic carbocycles. The van der Waals surface area contributed by atoms with E-state index in [9.17, 15) is 10.5 Å². The lowest BCUT2D eigenvalue weighted by atomic mass is 9.97. The van der Waals surface area contributed by atoms with E-state index in [0.717, 1.165) is 17.1 Å². The summed E-state index contributed by atoms with van der Waals surface area (Å²) in [6.07, 6.45) is 0.